The summed E-state index contributed by atoms with van der Waals surface area (Å²) in [6.45, 7) is 2.68. The SMILES string of the molecule is CC1CN(S(=O)(=O)c2cccc(S(=O)(=O)F)c2)CCCO1. The maximum atomic E-state index is 13.0. The van der Waals surface area contributed by atoms with E-state index in [0.717, 1.165) is 12.1 Å². The molecule has 0 N–H and O–H groups in total. The monoisotopic (exact) mass is 337 g/mol. The molecular formula is C12H16FNO5S2. The number of halogens is 1. The number of hydrogen-bond donors (Lipinski definition) is 0. The number of ether oxygens (including phenoxy) is 1. The molecule has 0 bridgehead atoms. The number of sulfonamides is 1. The van der Waals surface area contributed by atoms with Gasteiger partial charge in [0.15, 0.2) is 0 Å². The Bertz CT molecular complexity index is 717. The molecular weight excluding hydrogens is 321 g/mol. The molecule has 0 amide bonds. The van der Waals surface area contributed by atoms with Gasteiger partial charge in [0.25, 0.3) is 0 Å². The Labute approximate surface area is 123 Å². The van der Waals surface area contributed by atoms with Gasteiger partial charge in [0.1, 0.15) is 0 Å². The average Bonchev–Trinajstić information content (AvgIpc) is 2.63. The molecule has 21 heavy (non-hydrogen) atoms. The van der Waals surface area contributed by atoms with Gasteiger partial charge in [-0.25, -0.2) is 8.42 Å². The van der Waals surface area contributed by atoms with Crippen LogP contribution in [0.2, 0.25) is 0 Å². The summed E-state index contributed by atoms with van der Waals surface area (Å²) < 4.78 is 66.4. The summed E-state index contributed by atoms with van der Waals surface area (Å²) in [5, 5.41) is 0. The van der Waals surface area contributed by atoms with E-state index in [-0.39, 0.29) is 24.1 Å². The molecule has 2 rings (SSSR count). The molecule has 1 aromatic carbocycles. The summed E-state index contributed by atoms with van der Waals surface area (Å²) in [7, 11) is -8.82. The second-order valence-corrected chi connectivity index (χ2v) is 8.10. The highest BCUT2D eigenvalue weighted by molar-refractivity contribution is 7.89. The first-order valence-corrected chi connectivity index (χ1v) is 9.20. The first-order chi connectivity index (χ1) is 9.71. The average molecular weight is 337 g/mol. The van der Waals surface area contributed by atoms with Crippen molar-refractivity contribution in [1.29, 1.82) is 0 Å². The van der Waals surface area contributed by atoms with Gasteiger partial charge in [-0.3, -0.25) is 0 Å². The Hall–Kier alpha value is -1.03. The smallest absolute Gasteiger partial charge is 0.332 e. The van der Waals surface area contributed by atoms with E-state index in [2.05, 4.69) is 0 Å². The summed E-state index contributed by atoms with van der Waals surface area (Å²) in [5.74, 6) is 0. The lowest BCUT2D eigenvalue weighted by atomic mass is 10.4. The molecule has 118 valence electrons. The van der Waals surface area contributed by atoms with Crippen LogP contribution in [-0.2, 0) is 25.0 Å². The molecule has 0 spiro atoms. The highest BCUT2D eigenvalue weighted by Crippen LogP contribution is 2.22. The quantitative estimate of drug-likeness (QED) is 0.773. The van der Waals surface area contributed by atoms with Gasteiger partial charge >= 0.3 is 10.2 Å². The Morgan fingerprint density at radius 3 is 2.57 bits per heavy atom. The third kappa shape index (κ3) is 3.79. The second-order valence-electron chi connectivity index (χ2n) is 4.81. The summed E-state index contributed by atoms with van der Waals surface area (Å²) in [5.41, 5.74) is 0. The molecule has 0 saturated carbocycles. The minimum absolute atomic E-state index is 0.176. The summed E-state index contributed by atoms with van der Waals surface area (Å²) in [6.07, 6.45) is 0.292. The van der Waals surface area contributed by atoms with Crippen molar-refractivity contribution in [1.82, 2.24) is 4.31 Å². The van der Waals surface area contributed by atoms with Gasteiger partial charge in [0.2, 0.25) is 10.0 Å². The van der Waals surface area contributed by atoms with Gasteiger partial charge in [0.05, 0.1) is 15.9 Å². The lowest BCUT2D eigenvalue weighted by molar-refractivity contribution is 0.0752. The molecule has 6 nitrogen and oxygen atoms in total. The molecule has 9 heteroatoms. The van der Waals surface area contributed by atoms with Crippen molar-refractivity contribution in [3.63, 3.8) is 0 Å². The molecule has 1 atom stereocenters. The molecule has 1 aliphatic rings. The minimum Gasteiger partial charge on any atom is -0.377 e. The highest BCUT2D eigenvalue weighted by atomic mass is 32.3. The van der Waals surface area contributed by atoms with Crippen LogP contribution in [0.1, 0.15) is 13.3 Å². The molecule has 1 aromatic rings. The van der Waals surface area contributed by atoms with Crippen LogP contribution >= 0.6 is 0 Å². The van der Waals surface area contributed by atoms with Crippen molar-refractivity contribution in [2.24, 2.45) is 0 Å². The number of rotatable bonds is 3. The van der Waals surface area contributed by atoms with E-state index in [1.54, 1.807) is 6.92 Å². The van der Waals surface area contributed by atoms with E-state index >= 15 is 0 Å². The largest absolute Gasteiger partial charge is 0.377 e. The van der Waals surface area contributed by atoms with Crippen LogP contribution in [0, 0.1) is 0 Å². The number of benzene rings is 1. The molecule has 1 unspecified atom stereocenters. The van der Waals surface area contributed by atoms with Crippen LogP contribution in [0.25, 0.3) is 0 Å². The molecule has 1 saturated heterocycles. The fourth-order valence-electron chi connectivity index (χ4n) is 2.11. The second kappa shape index (κ2) is 5.99. The van der Waals surface area contributed by atoms with Gasteiger partial charge in [-0.2, -0.15) is 12.7 Å². The molecule has 0 aromatic heterocycles. The van der Waals surface area contributed by atoms with Gasteiger partial charge in [-0.1, -0.05) is 6.07 Å². The predicted octanol–water partition coefficient (Wildman–Crippen LogP) is 1.14. The zero-order chi connectivity index (χ0) is 15.7. The molecule has 1 aliphatic heterocycles. The van der Waals surface area contributed by atoms with Gasteiger partial charge in [-0.05, 0) is 31.5 Å². The van der Waals surface area contributed by atoms with Crippen LogP contribution in [-0.4, -0.2) is 46.9 Å². The van der Waals surface area contributed by atoms with Crippen LogP contribution in [0.5, 0.6) is 0 Å². The van der Waals surface area contributed by atoms with Crippen molar-refractivity contribution in [2.75, 3.05) is 19.7 Å². The fourth-order valence-corrected chi connectivity index (χ4v) is 4.29. The van der Waals surface area contributed by atoms with Crippen molar-refractivity contribution >= 4 is 20.2 Å². The van der Waals surface area contributed by atoms with Crippen molar-refractivity contribution in [2.45, 2.75) is 29.2 Å². The predicted molar refractivity (Wildman–Crippen MR) is 73.5 cm³/mol. The van der Waals surface area contributed by atoms with Gasteiger partial charge in [0, 0.05) is 19.7 Å². The van der Waals surface area contributed by atoms with E-state index in [1.807, 2.05) is 0 Å². The highest BCUT2D eigenvalue weighted by Gasteiger charge is 2.28. The van der Waals surface area contributed by atoms with E-state index in [9.17, 15) is 20.7 Å². The maximum absolute atomic E-state index is 13.0. The number of hydrogen-bond acceptors (Lipinski definition) is 5. The normalized spacial score (nSPS) is 21.9. The summed E-state index contributed by atoms with van der Waals surface area (Å²) in [4.78, 5) is -0.905. The molecule has 0 radical (unpaired) electrons. The lowest BCUT2D eigenvalue weighted by Gasteiger charge is -2.21. The van der Waals surface area contributed by atoms with Gasteiger partial charge in [-0.15, -0.1) is 3.89 Å². The van der Waals surface area contributed by atoms with E-state index in [1.165, 1.54) is 16.4 Å². The van der Waals surface area contributed by atoms with E-state index in [0.29, 0.717) is 13.0 Å². The van der Waals surface area contributed by atoms with Crippen molar-refractivity contribution < 1.29 is 25.5 Å². The maximum Gasteiger partial charge on any atom is 0.332 e. The fraction of sp³-hybridized carbons (Fsp3) is 0.500. The Balaban J connectivity index is 2.39. The zero-order valence-electron chi connectivity index (χ0n) is 11.4. The standard InChI is InChI=1S/C12H16FNO5S2/c1-10-9-14(6-3-7-19-10)21(17,18)12-5-2-4-11(8-12)20(13,15)16/h2,4-5,8,10H,3,6-7,9H2,1H3. The van der Waals surface area contributed by atoms with Crippen molar-refractivity contribution in [3.05, 3.63) is 24.3 Å². The third-order valence-corrected chi connectivity index (χ3v) is 5.82. The first kappa shape index (κ1) is 16.3. The third-order valence-electron chi connectivity index (χ3n) is 3.14. The number of nitrogens with zero attached hydrogens (tertiary/aromatic N) is 1. The van der Waals surface area contributed by atoms with Crippen LogP contribution < -0.4 is 0 Å². The van der Waals surface area contributed by atoms with Crippen LogP contribution in [0.4, 0.5) is 3.89 Å². The molecule has 1 fully saturated rings. The topological polar surface area (TPSA) is 80.8 Å². The van der Waals surface area contributed by atoms with Crippen LogP contribution in [0.15, 0.2) is 34.1 Å². The Morgan fingerprint density at radius 2 is 1.90 bits per heavy atom. The lowest BCUT2D eigenvalue weighted by Crippen LogP contribution is -2.35. The van der Waals surface area contributed by atoms with E-state index in [4.69, 9.17) is 4.74 Å². The van der Waals surface area contributed by atoms with Crippen molar-refractivity contribution in [3.8, 4) is 0 Å². The molecule has 1 heterocycles. The minimum atomic E-state index is -4.94. The summed E-state index contributed by atoms with van der Waals surface area (Å²) in [6, 6.07) is 4.31. The van der Waals surface area contributed by atoms with Crippen LogP contribution in [0.3, 0.4) is 0 Å². The Morgan fingerprint density at radius 1 is 1.24 bits per heavy atom. The Kier molecular flexibility index (Phi) is 4.66. The van der Waals surface area contributed by atoms with E-state index < -0.39 is 25.1 Å². The zero-order valence-corrected chi connectivity index (χ0v) is 13.0. The van der Waals surface area contributed by atoms with Gasteiger partial charge < -0.3 is 4.74 Å². The summed E-state index contributed by atoms with van der Waals surface area (Å²) >= 11 is 0. The first-order valence-electron chi connectivity index (χ1n) is 6.38. The molecule has 0 aliphatic carbocycles.